The third-order valence-corrected chi connectivity index (χ3v) is 0. The van der Waals surface area contributed by atoms with Crippen LogP contribution in [0.3, 0.4) is 0 Å². The Morgan fingerprint density at radius 1 is 0.875 bits per heavy atom. The second-order valence-corrected chi connectivity index (χ2v) is 6.68. The molecule has 0 bridgehead atoms. The second-order valence-electron chi connectivity index (χ2n) is 0.247. The molecule has 0 atom stereocenters. The molecule has 0 spiro atoms. The van der Waals surface area contributed by atoms with E-state index in [2.05, 4.69) is 0 Å². The van der Waals surface area contributed by atoms with Gasteiger partial charge in [-0.3, -0.25) is 0 Å². The molecule has 8 heteroatoms. The quantitative estimate of drug-likeness (QED) is 0.389. The van der Waals surface area contributed by atoms with Crippen molar-refractivity contribution in [3.05, 3.63) is 0 Å². The van der Waals surface area contributed by atoms with Crippen LogP contribution in [0.2, 0.25) is 0 Å². The van der Waals surface area contributed by atoms with Crippen LogP contribution in [0.25, 0.3) is 0 Å². The topological polar surface area (TPSA) is 0 Å². The molecule has 0 aromatic carbocycles. The molecule has 0 fully saturated rings. The summed E-state index contributed by atoms with van der Waals surface area (Å²) >= 11 is -1.72. The summed E-state index contributed by atoms with van der Waals surface area (Å²) in [7, 11) is 14.8. The fraction of sp³-hybridized carbons (Fsp3) is 0. The first-order valence-electron chi connectivity index (χ1n) is 0.655. The van der Waals surface area contributed by atoms with E-state index < -0.39 is 11.4 Å². The number of hydrogen-bond donors (Lipinski definition) is 0. The molecule has 0 unspecified atom stereocenters. The van der Waals surface area contributed by atoms with Crippen molar-refractivity contribution in [3.8, 4) is 0 Å². The Morgan fingerprint density at radius 3 is 0.875 bits per heavy atom. The standard InChI is InChI=1S/Al.5ClH.Na.Zn/h;5*1H;;/q+3;;;;;;+1;+2/p-5. The average Bonchev–Trinajstić information content (AvgIpc) is 0.811. The first kappa shape index (κ1) is 29.9. The van der Waals surface area contributed by atoms with E-state index in [1.807, 2.05) is 0 Å². The number of rotatable bonds is 0. The van der Waals surface area contributed by atoms with Crippen LogP contribution in [0.4, 0.5) is 0 Å². The molecular formula is AlCl5NaZn+. The summed E-state index contributed by atoms with van der Waals surface area (Å²) in [5, 5.41) is 0. The average molecular weight is 293 g/mol. The monoisotopic (exact) mass is 289 g/mol. The molecule has 0 saturated heterocycles. The van der Waals surface area contributed by atoms with Crippen molar-refractivity contribution in [2.75, 3.05) is 0 Å². The molecular weight excluding hydrogens is 293 g/mol. The Hall–Kier alpha value is 3.61. The van der Waals surface area contributed by atoms with E-state index in [0.29, 0.717) is 0 Å². The van der Waals surface area contributed by atoms with Gasteiger partial charge in [0.2, 0.25) is 0 Å². The second kappa shape index (κ2) is 22.4. The molecule has 0 rings (SSSR count). The Morgan fingerprint density at radius 2 is 0.875 bits per heavy atom. The van der Waals surface area contributed by atoms with Gasteiger partial charge in [-0.2, -0.15) is 0 Å². The van der Waals surface area contributed by atoms with E-state index in [1.54, 1.807) is 0 Å². The predicted molar refractivity (Wildman–Crippen MR) is 23.3 cm³/mol. The molecule has 0 N–H and O–H groups in total. The van der Waals surface area contributed by atoms with Gasteiger partial charge < -0.3 is 24.8 Å². The minimum Gasteiger partial charge on any atom is -1.00 e. The van der Waals surface area contributed by atoms with Crippen molar-refractivity contribution >= 4 is 41.5 Å². The largest absolute Gasteiger partial charge is 2.00 e. The zero-order valence-electron chi connectivity index (χ0n) is 4.17. The van der Waals surface area contributed by atoms with Gasteiger partial charge in [-0.15, -0.1) is 0 Å². The van der Waals surface area contributed by atoms with Gasteiger partial charge in [0.05, 0.1) is 0 Å². The van der Waals surface area contributed by atoms with E-state index in [0.717, 1.165) is 0 Å². The molecule has 0 aliphatic carbocycles. The zero-order chi connectivity index (χ0) is 3.58. The van der Waals surface area contributed by atoms with Crippen LogP contribution >= 0.6 is 30.1 Å². The fourth-order valence-electron chi connectivity index (χ4n) is 0. The Kier molecular flexibility index (Phi) is 83.9. The van der Waals surface area contributed by atoms with Crippen molar-refractivity contribution in [1.29, 1.82) is 0 Å². The Balaban J connectivity index is -0.00000000750. The van der Waals surface area contributed by atoms with Crippen molar-refractivity contribution in [1.82, 2.24) is 0 Å². The normalized spacial score (nSPS) is 3.38. The summed E-state index contributed by atoms with van der Waals surface area (Å²) in [5.41, 5.74) is 0. The van der Waals surface area contributed by atoms with Crippen LogP contribution in [0.1, 0.15) is 0 Å². The molecule has 0 radical (unpaired) electrons. The van der Waals surface area contributed by atoms with Gasteiger partial charge in [0, 0.05) is 0 Å². The molecule has 0 aromatic rings. The molecule has 8 heavy (non-hydrogen) atoms. The fourth-order valence-corrected chi connectivity index (χ4v) is 0. The van der Waals surface area contributed by atoms with Crippen molar-refractivity contribution in [2.45, 2.75) is 0 Å². The maximum Gasteiger partial charge on any atom is 2.00 e. The number of hydrogen-bond acceptors (Lipinski definition) is 0. The van der Waals surface area contributed by atoms with Crippen LogP contribution in [-0.4, -0.2) is 11.4 Å². The zero-order valence-corrected chi connectivity index (χ0v) is 14.1. The first-order chi connectivity index (χ1) is 1.73. The molecule has 0 heterocycles. The third-order valence-electron chi connectivity index (χ3n) is 0. The van der Waals surface area contributed by atoms with Crippen LogP contribution < -0.4 is 54.4 Å². The summed E-state index contributed by atoms with van der Waals surface area (Å²) in [4.78, 5) is 0. The van der Waals surface area contributed by atoms with Gasteiger partial charge in [-0.1, -0.05) is 0 Å². The summed E-state index contributed by atoms with van der Waals surface area (Å²) in [6, 6.07) is 0. The Bertz CT molecular complexity index is 17.1. The third kappa shape index (κ3) is 54.7. The van der Waals surface area contributed by atoms with E-state index in [4.69, 9.17) is 30.1 Å². The minimum absolute atomic E-state index is 0. The molecule has 0 saturated carbocycles. The van der Waals surface area contributed by atoms with Gasteiger partial charge in [0.1, 0.15) is 0 Å². The smallest absolute Gasteiger partial charge is 1.00 e. The van der Waals surface area contributed by atoms with Crippen LogP contribution in [0, 0.1) is 0 Å². The van der Waals surface area contributed by atoms with Gasteiger partial charge in [-0.25, -0.2) is 30.1 Å². The van der Waals surface area contributed by atoms with Gasteiger partial charge >= 0.3 is 60.4 Å². The van der Waals surface area contributed by atoms with E-state index in [-0.39, 0.29) is 73.8 Å². The molecule has 0 amide bonds. The van der Waals surface area contributed by atoms with Crippen LogP contribution in [0.5, 0.6) is 0 Å². The number of halogens is 5. The minimum atomic E-state index is -1.72. The molecule has 0 nitrogen and oxygen atoms in total. The summed E-state index contributed by atoms with van der Waals surface area (Å²) in [6.45, 7) is 0. The van der Waals surface area contributed by atoms with Crippen molar-refractivity contribution in [3.63, 3.8) is 0 Å². The van der Waals surface area contributed by atoms with Gasteiger partial charge in [0.15, 0.2) is 0 Å². The molecule has 0 aliphatic heterocycles. The van der Waals surface area contributed by atoms with Crippen LogP contribution in [-0.2, 0) is 19.5 Å². The maximum absolute atomic E-state index is 4.94. The first-order valence-corrected chi connectivity index (χ1v) is 5.89. The summed E-state index contributed by atoms with van der Waals surface area (Å²) < 4.78 is 0. The predicted octanol–water partition coefficient (Wildman–Crippen LogP) is -7.30. The van der Waals surface area contributed by atoms with Gasteiger partial charge in [0.25, 0.3) is 0 Å². The summed E-state index contributed by atoms with van der Waals surface area (Å²) in [6.07, 6.45) is 0. The van der Waals surface area contributed by atoms with E-state index in [9.17, 15) is 0 Å². The van der Waals surface area contributed by atoms with E-state index >= 15 is 0 Å². The molecule has 0 aromatic heterocycles. The van der Waals surface area contributed by atoms with E-state index in [1.165, 1.54) is 0 Å². The molecule has 0 aliphatic rings. The summed E-state index contributed by atoms with van der Waals surface area (Å²) in [5.74, 6) is 0. The SMILES string of the molecule is [Cl-].[Cl-].[Cl][Al]([Cl])[Cl].[Na+].[Zn+2]. The molecule has 40 valence electrons. The van der Waals surface area contributed by atoms with Crippen molar-refractivity contribution in [2.24, 2.45) is 0 Å². The van der Waals surface area contributed by atoms with Crippen molar-refractivity contribution < 1.29 is 73.8 Å². The Labute approximate surface area is 113 Å². The van der Waals surface area contributed by atoms with Crippen LogP contribution in [0.15, 0.2) is 0 Å². The maximum atomic E-state index is 4.94. The van der Waals surface area contributed by atoms with Gasteiger partial charge in [-0.05, 0) is 0 Å².